The molecule has 1 aromatic carbocycles. The fourth-order valence-corrected chi connectivity index (χ4v) is 3.30. The predicted octanol–water partition coefficient (Wildman–Crippen LogP) is 4.38. The second kappa shape index (κ2) is 6.62. The first kappa shape index (κ1) is 14.7. The van der Waals surface area contributed by atoms with Gasteiger partial charge in [-0.05, 0) is 43.4 Å². The molecule has 0 aliphatic heterocycles. The fraction of sp³-hybridized carbons (Fsp3) is 0.625. The van der Waals surface area contributed by atoms with Crippen molar-refractivity contribution in [2.75, 3.05) is 18.5 Å². The van der Waals surface area contributed by atoms with Gasteiger partial charge < -0.3 is 10.6 Å². The molecule has 3 heteroatoms. The van der Waals surface area contributed by atoms with Gasteiger partial charge in [-0.2, -0.15) is 0 Å². The molecule has 19 heavy (non-hydrogen) atoms. The highest BCUT2D eigenvalue weighted by molar-refractivity contribution is 6.33. The van der Waals surface area contributed by atoms with Gasteiger partial charge in [0.15, 0.2) is 0 Å². The highest BCUT2D eigenvalue weighted by atomic mass is 35.5. The molecule has 0 saturated heterocycles. The van der Waals surface area contributed by atoms with Gasteiger partial charge in [0.1, 0.15) is 0 Å². The maximum absolute atomic E-state index is 6.39. The molecule has 0 heterocycles. The summed E-state index contributed by atoms with van der Waals surface area (Å²) in [6, 6.07) is 6.22. The Kier molecular flexibility index (Phi) is 5.12. The van der Waals surface area contributed by atoms with Gasteiger partial charge in [-0.25, -0.2) is 0 Å². The summed E-state index contributed by atoms with van der Waals surface area (Å²) in [4.78, 5) is 2.29. The molecule has 1 fully saturated rings. The lowest BCUT2D eigenvalue weighted by Gasteiger charge is -2.29. The molecule has 1 aliphatic carbocycles. The first-order chi connectivity index (χ1) is 9.08. The lowest BCUT2D eigenvalue weighted by molar-refractivity contribution is 0.362. The Morgan fingerprint density at radius 1 is 1.32 bits per heavy atom. The third-order valence-corrected chi connectivity index (χ3v) is 4.47. The van der Waals surface area contributed by atoms with E-state index >= 15 is 0 Å². The number of hydrogen-bond acceptors (Lipinski definition) is 2. The number of rotatable bonds is 4. The number of halogens is 1. The molecular formula is C16H25ClN2. The summed E-state index contributed by atoms with van der Waals surface area (Å²) < 4.78 is 0. The van der Waals surface area contributed by atoms with Crippen LogP contribution in [0.5, 0.6) is 0 Å². The lowest BCUT2D eigenvalue weighted by atomic mass is 9.89. The number of nitrogens with two attached hydrogens (primary N) is 1. The molecule has 2 nitrogen and oxygen atoms in total. The minimum absolute atomic E-state index is 0.0372. The van der Waals surface area contributed by atoms with Crippen LogP contribution >= 0.6 is 11.6 Å². The van der Waals surface area contributed by atoms with Crippen molar-refractivity contribution in [1.82, 2.24) is 0 Å². The Morgan fingerprint density at radius 2 is 2.00 bits per heavy atom. The van der Waals surface area contributed by atoms with Crippen molar-refractivity contribution in [2.45, 2.75) is 45.1 Å². The zero-order valence-electron chi connectivity index (χ0n) is 12.0. The van der Waals surface area contributed by atoms with Crippen LogP contribution in [0.3, 0.4) is 0 Å². The summed E-state index contributed by atoms with van der Waals surface area (Å²) in [6.07, 6.45) is 6.90. The maximum Gasteiger partial charge on any atom is 0.0642 e. The van der Waals surface area contributed by atoms with E-state index in [-0.39, 0.29) is 6.04 Å². The summed E-state index contributed by atoms with van der Waals surface area (Å²) in [7, 11) is 2.14. The van der Waals surface area contributed by atoms with Gasteiger partial charge in [-0.15, -0.1) is 0 Å². The highest BCUT2D eigenvalue weighted by Gasteiger charge is 2.17. The molecule has 0 spiro atoms. The topological polar surface area (TPSA) is 29.3 Å². The zero-order valence-corrected chi connectivity index (χ0v) is 12.8. The second-order valence-corrected chi connectivity index (χ2v) is 6.29. The Hall–Kier alpha value is -0.730. The first-order valence-electron chi connectivity index (χ1n) is 7.34. The Bertz CT molecular complexity index is 411. The molecule has 1 saturated carbocycles. The third kappa shape index (κ3) is 3.87. The quantitative estimate of drug-likeness (QED) is 0.887. The molecule has 1 atom stereocenters. The second-order valence-electron chi connectivity index (χ2n) is 5.88. The smallest absolute Gasteiger partial charge is 0.0642 e. The SMILES string of the molecule is CC(N)c1ccc(N(C)CC2CCCCC2)c(Cl)c1. The van der Waals surface area contributed by atoms with Crippen LogP contribution in [-0.4, -0.2) is 13.6 Å². The van der Waals surface area contributed by atoms with Crippen LogP contribution in [0.4, 0.5) is 5.69 Å². The monoisotopic (exact) mass is 280 g/mol. The summed E-state index contributed by atoms with van der Waals surface area (Å²) in [5.74, 6) is 0.822. The summed E-state index contributed by atoms with van der Waals surface area (Å²) in [5, 5.41) is 0.813. The Labute approximate surface area is 121 Å². The van der Waals surface area contributed by atoms with Gasteiger partial charge in [0.25, 0.3) is 0 Å². The molecular weight excluding hydrogens is 256 g/mol. The van der Waals surface area contributed by atoms with E-state index in [2.05, 4.69) is 24.1 Å². The highest BCUT2D eigenvalue weighted by Crippen LogP contribution is 2.30. The summed E-state index contributed by atoms with van der Waals surface area (Å²) >= 11 is 6.39. The third-order valence-electron chi connectivity index (χ3n) is 4.17. The van der Waals surface area contributed by atoms with Crippen LogP contribution in [-0.2, 0) is 0 Å². The summed E-state index contributed by atoms with van der Waals surface area (Å²) in [6.45, 7) is 3.09. The van der Waals surface area contributed by atoms with E-state index in [1.807, 2.05) is 13.0 Å². The van der Waals surface area contributed by atoms with Crippen LogP contribution < -0.4 is 10.6 Å². The molecule has 0 bridgehead atoms. The van der Waals surface area contributed by atoms with Crippen LogP contribution in [0.2, 0.25) is 5.02 Å². The van der Waals surface area contributed by atoms with Crippen molar-refractivity contribution in [1.29, 1.82) is 0 Å². The molecule has 1 aromatic rings. The van der Waals surface area contributed by atoms with Crippen molar-refractivity contribution < 1.29 is 0 Å². The van der Waals surface area contributed by atoms with Crippen LogP contribution in [0.25, 0.3) is 0 Å². The van der Waals surface area contributed by atoms with E-state index in [0.29, 0.717) is 0 Å². The standard InChI is InChI=1S/C16H25ClN2/c1-12(18)14-8-9-16(15(17)10-14)19(2)11-13-6-4-3-5-7-13/h8-10,12-13H,3-7,11,18H2,1-2H3. The molecule has 1 aliphatic rings. The molecule has 106 valence electrons. The van der Waals surface area contributed by atoms with E-state index in [4.69, 9.17) is 17.3 Å². The minimum atomic E-state index is 0.0372. The number of nitrogens with zero attached hydrogens (tertiary/aromatic N) is 1. The van der Waals surface area contributed by atoms with Crippen molar-refractivity contribution in [3.8, 4) is 0 Å². The van der Waals surface area contributed by atoms with Crippen LogP contribution in [0.1, 0.15) is 50.6 Å². The van der Waals surface area contributed by atoms with Crippen molar-refractivity contribution in [2.24, 2.45) is 11.7 Å². The molecule has 2 rings (SSSR count). The van der Waals surface area contributed by atoms with Gasteiger partial charge in [0.2, 0.25) is 0 Å². The van der Waals surface area contributed by atoms with E-state index in [9.17, 15) is 0 Å². The van der Waals surface area contributed by atoms with E-state index in [1.165, 1.54) is 32.1 Å². The van der Waals surface area contributed by atoms with Gasteiger partial charge in [0, 0.05) is 19.6 Å². The van der Waals surface area contributed by atoms with E-state index in [0.717, 1.165) is 28.7 Å². The normalized spacial score (nSPS) is 18.3. The van der Waals surface area contributed by atoms with Gasteiger partial charge in [0.05, 0.1) is 10.7 Å². The van der Waals surface area contributed by atoms with Crippen molar-refractivity contribution in [3.63, 3.8) is 0 Å². The molecule has 0 amide bonds. The molecule has 2 N–H and O–H groups in total. The van der Waals surface area contributed by atoms with Gasteiger partial charge >= 0.3 is 0 Å². The Balaban J connectivity index is 2.03. The van der Waals surface area contributed by atoms with Crippen LogP contribution in [0.15, 0.2) is 18.2 Å². The first-order valence-corrected chi connectivity index (χ1v) is 7.72. The maximum atomic E-state index is 6.39. The van der Waals surface area contributed by atoms with Crippen molar-refractivity contribution >= 4 is 17.3 Å². The average Bonchev–Trinajstić information content (AvgIpc) is 2.39. The number of hydrogen-bond donors (Lipinski definition) is 1. The zero-order chi connectivity index (χ0) is 13.8. The number of anilines is 1. The molecule has 0 radical (unpaired) electrons. The largest absolute Gasteiger partial charge is 0.373 e. The fourth-order valence-electron chi connectivity index (χ4n) is 2.97. The van der Waals surface area contributed by atoms with E-state index in [1.54, 1.807) is 0 Å². The predicted molar refractivity (Wildman–Crippen MR) is 83.9 cm³/mol. The average molecular weight is 281 g/mol. The number of benzene rings is 1. The molecule has 0 aromatic heterocycles. The summed E-state index contributed by atoms with van der Waals surface area (Å²) in [5.41, 5.74) is 8.10. The van der Waals surface area contributed by atoms with Crippen LogP contribution in [0, 0.1) is 5.92 Å². The van der Waals surface area contributed by atoms with Gasteiger partial charge in [-0.1, -0.05) is 36.9 Å². The van der Waals surface area contributed by atoms with Gasteiger partial charge in [-0.3, -0.25) is 0 Å². The lowest BCUT2D eigenvalue weighted by Crippen LogP contribution is -2.27. The van der Waals surface area contributed by atoms with Crippen molar-refractivity contribution in [3.05, 3.63) is 28.8 Å². The minimum Gasteiger partial charge on any atom is -0.373 e. The molecule has 1 unspecified atom stereocenters. The Morgan fingerprint density at radius 3 is 2.58 bits per heavy atom. The van der Waals surface area contributed by atoms with E-state index < -0.39 is 0 Å².